The first-order valence-electron chi connectivity index (χ1n) is 9.40. The second kappa shape index (κ2) is 6.95. The summed E-state index contributed by atoms with van der Waals surface area (Å²) >= 11 is 0. The third-order valence-corrected chi connectivity index (χ3v) is 5.37. The van der Waals surface area contributed by atoms with Gasteiger partial charge in [0.15, 0.2) is 0 Å². The third-order valence-electron chi connectivity index (χ3n) is 5.37. The molecule has 1 amide bonds. The molecular formula is C24H18N2O3. The molecule has 0 saturated heterocycles. The Balaban J connectivity index is 1.38. The molecule has 0 atom stereocenters. The maximum atomic E-state index is 12.5. The molecule has 1 aromatic heterocycles. The fourth-order valence-electron chi connectivity index (χ4n) is 4.03. The molecule has 1 aliphatic rings. The van der Waals surface area contributed by atoms with E-state index in [1.54, 1.807) is 24.5 Å². The number of nitrogens with one attached hydrogen (secondary N) is 1. The average molecular weight is 382 g/mol. The summed E-state index contributed by atoms with van der Waals surface area (Å²) in [5.74, 6) is -0.0318. The van der Waals surface area contributed by atoms with E-state index in [1.165, 1.54) is 17.2 Å². The summed E-state index contributed by atoms with van der Waals surface area (Å²) in [5, 5.41) is 14.4. The second-order valence-electron chi connectivity index (χ2n) is 7.01. The Labute approximate surface area is 167 Å². The molecule has 0 spiro atoms. The van der Waals surface area contributed by atoms with Crippen molar-refractivity contribution in [3.63, 3.8) is 0 Å². The Hall–Kier alpha value is -3.86. The van der Waals surface area contributed by atoms with Crippen LogP contribution in [0.4, 0.5) is 10.5 Å². The zero-order chi connectivity index (χ0) is 19.8. The maximum Gasteiger partial charge on any atom is 0.411 e. The van der Waals surface area contributed by atoms with Crippen molar-refractivity contribution in [1.29, 1.82) is 0 Å². The fourth-order valence-corrected chi connectivity index (χ4v) is 4.03. The largest absolute Gasteiger partial charge is 0.506 e. The van der Waals surface area contributed by atoms with Gasteiger partial charge >= 0.3 is 6.09 Å². The molecule has 142 valence electrons. The molecule has 1 aliphatic carbocycles. The van der Waals surface area contributed by atoms with Crippen molar-refractivity contribution in [3.05, 3.63) is 90.3 Å². The number of benzene rings is 3. The van der Waals surface area contributed by atoms with Gasteiger partial charge in [-0.25, -0.2) is 4.79 Å². The lowest BCUT2D eigenvalue weighted by molar-refractivity contribution is 0.158. The van der Waals surface area contributed by atoms with Crippen molar-refractivity contribution >= 4 is 22.6 Å². The Kier molecular flexibility index (Phi) is 4.13. The van der Waals surface area contributed by atoms with Crippen molar-refractivity contribution in [2.24, 2.45) is 0 Å². The van der Waals surface area contributed by atoms with Gasteiger partial charge in [0, 0.05) is 29.1 Å². The Bertz CT molecular complexity index is 1190. The zero-order valence-corrected chi connectivity index (χ0v) is 15.5. The van der Waals surface area contributed by atoms with Crippen LogP contribution >= 0.6 is 0 Å². The molecule has 29 heavy (non-hydrogen) atoms. The van der Waals surface area contributed by atoms with Crippen LogP contribution in [0.3, 0.4) is 0 Å². The van der Waals surface area contributed by atoms with Crippen molar-refractivity contribution < 1.29 is 14.6 Å². The highest BCUT2D eigenvalue weighted by molar-refractivity contribution is 6.02. The second-order valence-corrected chi connectivity index (χ2v) is 7.01. The lowest BCUT2D eigenvalue weighted by Crippen LogP contribution is -2.18. The number of rotatable bonds is 3. The van der Waals surface area contributed by atoms with E-state index in [4.69, 9.17) is 4.74 Å². The molecule has 5 rings (SSSR count). The fraction of sp³-hybridized carbons (Fsp3) is 0.0833. The number of amides is 1. The molecule has 3 aromatic carbocycles. The van der Waals surface area contributed by atoms with E-state index in [9.17, 15) is 9.90 Å². The first-order chi connectivity index (χ1) is 14.2. The van der Waals surface area contributed by atoms with Crippen LogP contribution in [0.5, 0.6) is 5.75 Å². The van der Waals surface area contributed by atoms with Crippen molar-refractivity contribution in [2.75, 3.05) is 11.9 Å². The van der Waals surface area contributed by atoms with Gasteiger partial charge in [-0.2, -0.15) is 0 Å². The van der Waals surface area contributed by atoms with Gasteiger partial charge in [-0.3, -0.25) is 10.3 Å². The summed E-state index contributed by atoms with van der Waals surface area (Å²) < 4.78 is 5.57. The highest BCUT2D eigenvalue weighted by atomic mass is 16.5. The molecule has 0 saturated carbocycles. The number of carbonyl (C=O) groups excluding carboxylic acids is 1. The van der Waals surface area contributed by atoms with Gasteiger partial charge < -0.3 is 9.84 Å². The summed E-state index contributed by atoms with van der Waals surface area (Å²) in [4.78, 5) is 16.6. The Morgan fingerprint density at radius 2 is 1.66 bits per heavy atom. The molecule has 0 fully saturated rings. The maximum absolute atomic E-state index is 12.5. The molecular weight excluding hydrogens is 364 g/mol. The number of hydrogen-bond donors (Lipinski definition) is 2. The first-order valence-corrected chi connectivity index (χ1v) is 9.40. The number of pyridine rings is 1. The molecule has 5 heteroatoms. The van der Waals surface area contributed by atoms with Crippen LogP contribution in [0.25, 0.3) is 21.9 Å². The number of fused-ring (bicyclic) bond motifs is 4. The number of aromatic hydroxyl groups is 1. The molecule has 0 aliphatic heterocycles. The number of hydrogen-bond acceptors (Lipinski definition) is 4. The van der Waals surface area contributed by atoms with E-state index in [1.807, 2.05) is 24.3 Å². The van der Waals surface area contributed by atoms with E-state index >= 15 is 0 Å². The first kappa shape index (κ1) is 17.3. The summed E-state index contributed by atoms with van der Waals surface area (Å²) in [7, 11) is 0. The smallest absolute Gasteiger partial charge is 0.411 e. The summed E-state index contributed by atoms with van der Waals surface area (Å²) in [6.45, 7) is 0.215. The van der Waals surface area contributed by atoms with Crippen LogP contribution in [0.2, 0.25) is 0 Å². The SMILES string of the molecule is O=C(Nc1c(O)ccc2cnccc12)OCC1c2ccccc2-c2ccccc21. The van der Waals surface area contributed by atoms with Gasteiger partial charge in [-0.05, 0) is 40.5 Å². The van der Waals surface area contributed by atoms with E-state index in [0.717, 1.165) is 16.5 Å². The highest BCUT2D eigenvalue weighted by Crippen LogP contribution is 2.44. The molecule has 4 aromatic rings. The van der Waals surface area contributed by atoms with E-state index in [2.05, 4.69) is 34.6 Å². The van der Waals surface area contributed by atoms with Gasteiger partial charge in [0.25, 0.3) is 0 Å². The average Bonchev–Trinajstić information content (AvgIpc) is 3.08. The molecule has 0 unspecified atom stereocenters. The van der Waals surface area contributed by atoms with Gasteiger partial charge in [0.2, 0.25) is 0 Å². The standard InChI is InChI=1S/C24H18N2O3/c27-22-10-9-15-13-25-12-11-16(15)23(22)26-24(28)29-14-21-19-7-3-1-5-17(19)18-6-2-4-8-20(18)21/h1-13,21,27H,14H2,(H,26,28). The highest BCUT2D eigenvalue weighted by Gasteiger charge is 2.29. The minimum Gasteiger partial charge on any atom is -0.506 e. The topological polar surface area (TPSA) is 71.5 Å². The van der Waals surface area contributed by atoms with Crippen LogP contribution in [0, 0.1) is 0 Å². The monoisotopic (exact) mass is 382 g/mol. The molecule has 2 N–H and O–H groups in total. The van der Waals surface area contributed by atoms with Crippen LogP contribution in [-0.4, -0.2) is 22.8 Å². The Morgan fingerprint density at radius 3 is 2.38 bits per heavy atom. The quantitative estimate of drug-likeness (QED) is 0.472. The van der Waals surface area contributed by atoms with E-state index in [0.29, 0.717) is 11.1 Å². The lowest BCUT2D eigenvalue weighted by atomic mass is 9.98. The normalized spacial score (nSPS) is 12.4. The number of anilines is 1. The number of nitrogens with zero attached hydrogens (tertiary/aromatic N) is 1. The van der Waals surface area contributed by atoms with Crippen LogP contribution in [0.1, 0.15) is 17.0 Å². The van der Waals surface area contributed by atoms with Crippen molar-refractivity contribution in [1.82, 2.24) is 4.98 Å². The summed E-state index contributed by atoms with van der Waals surface area (Å²) in [6, 6.07) is 21.4. The third kappa shape index (κ3) is 2.97. The molecule has 1 heterocycles. The zero-order valence-electron chi connectivity index (χ0n) is 15.5. The van der Waals surface area contributed by atoms with Crippen molar-refractivity contribution in [3.8, 4) is 16.9 Å². The van der Waals surface area contributed by atoms with Gasteiger partial charge in [0.1, 0.15) is 12.4 Å². The van der Waals surface area contributed by atoms with Crippen molar-refractivity contribution in [2.45, 2.75) is 5.92 Å². The number of aromatic nitrogens is 1. The van der Waals surface area contributed by atoms with Gasteiger partial charge in [-0.1, -0.05) is 48.5 Å². The number of phenols is 1. The minimum absolute atomic E-state index is 0.0153. The molecule has 0 bridgehead atoms. The molecule has 5 nitrogen and oxygen atoms in total. The Morgan fingerprint density at radius 1 is 0.966 bits per heavy atom. The van der Waals surface area contributed by atoms with E-state index < -0.39 is 6.09 Å². The van der Waals surface area contributed by atoms with Gasteiger partial charge in [-0.15, -0.1) is 0 Å². The number of ether oxygens (including phenoxy) is 1. The lowest BCUT2D eigenvalue weighted by Gasteiger charge is -2.15. The summed E-state index contributed by atoms with van der Waals surface area (Å²) in [6.07, 6.45) is 2.69. The van der Waals surface area contributed by atoms with Crippen LogP contribution < -0.4 is 5.32 Å². The predicted octanol–water partition coefficient (Wildman–Crippen LogP) is 5.30. The van der Waals surface area contributed by atoms with Gasteiger partial charge in [0.05, 0.1) is 5.69 Å². The molecule has 0 radical (unpaired) electrons. The van der Waals surface area contributed by atoms with Crippen LogP contribution in [-0.2, 0) is 4.74 Å². The number of phenolic OH excluding ortho intramolecular Hbond substituents is 1. The predicted molar refractivity (Wildman–Crippen MR) is 112 cm³/mol. The number of carbonyl (C=O) groups is 1. The van der Waals surface area contributed by atoms with Crippen LogP contribution in [0.15, 0.2) is 79.1 Å². The minimum atomic E-state index is -0.605. The van der Waals surface area contributed by atoms with E-state index in [-0.39, 0.29) is 18.3 Å². The summed E-state index contributed by atoms with van der Waals surface area (Å²) in [5.41, 5.74) is 4.98.